The van der Waals surface area contributed by atoms with Gasteiger partial charge in [-0.05, 0) is 69.2 Å². The van der Waals surface area contributed by atoms with Crippen LogP contribution < -0.4 is 20.9 Å². The van der Waals surface area contributed by atoms with Crippen LogP contribution in [0.5, 0.6) is 5.75 Å². The van der Waals surface area contributed by atoms with Crippen LogP contribution in [0.1, 0.15) is 23.7 Å². The number of carbonyl (C=O) groups is 3. The number of hydrogen-bond donors (Lipinski definition) is 3. The number of hydrogen-bond acceptors (Lipinski definition) is 4. The lowest BCUT2D eigenvalue weighted by molar-refractivity contribution is -0.123. The Bertz CT molecular complexity index is 1130. The van der Waals surface area contributed by atoms with Gasteiger partial charge in [-0.3, -0.25) is 25.2 Å². The molecule has 0 aromatic heterocycles. The molecule has 0 radical (unpaired) electrons. The van der Waals surface area contributed by atoms with Gasteiger partial charge in [0.25, 0.3) is 11.8 Å². The fraction of sp³-hybridized carbons (Fsp3) is 0.136. The zero-order valence-electron chi connectivity index (χ0n) is 16.5. The van der Waals surface area contributed by atoms with E-state index in [1.165, 1.54) is 0 Å². The topological polar surface area (TPSA) is 96.5 Å². The minimum atomic E-state index is -0.511. The first kappa shape index (κ1) is 22.8. The van der Waals surface area contributed by atoms with Crippen LogP contribution in [0.15, 0.2) is 63.5 Å². The van der Waals surface area contributed by atoms with Gasteiger partial charge in [0.1, 0.15) is 5.75 Å². The molecule has 3 rings (SSSR count). The lowest BCUT2D eigenvalue weighted by atomic mass is 10.1. The van der Waals surface area contributed by atoms with Crippen molar-refractivity contribution >= 4 is 66.0 Å². The van der Waals surface area contributed by atoms with Crippen LogP contribution in [-0.2, 0) is 9.59 Å². The van der Waals surface area contributed by atoms with Crippen molar-refractivity contribution in [3.05, 3.63) is 69.1 Å². The Kier molecular flexibility index (Phi) is 7.64. The molecule has 0 spiro atoms. The molecule has 3 aromatic carbocycles. The fourth-order valence-corrected chi connectivity index (χ4v) is 3.67. The van der Waals surface area contributed by atoms with Crippen LogP contribution in [0.25, 0.3) is 10.8 Å². The summed E-state index contributed by atoms with van der Waals surface area (Å²) in [5.41, 5.74) is 5.57. The largest absolute Gasteiger partial charge is 0.483 e. The van der Waals surface area contributed by atoms with E-state index in [1.54, 1.807) is 37.3 Å². The third-order valence-corrected chi connectivity index (χ3v) is 5.62. The second kappa shape index (κ2) is 10.4. The minimum absolute atomic E-state index is 0.115. The van der Waals surface area contributed by atoms with E-state index in [0.29, 0.717) is 23.4 Å². The van der Waals surface area contributed by atoms with Gasteiger partial charge in [0, 0.05) is 22.1 Å². The summed E-state index contributed by atoms with van der Waals surface area (Å²) >= 11 is 6.94. The summed E-state index contributed by atoms with van der Waals surface area (Å²) < 4.78 is 7.29. The third-order valence-electron chi connectivity index (χ3n) is 4.31. The lowest BCUT2D eigenvalue weighted by Gasteiger charge is -2.12. The molecule has 9 heteroatoms. The summed E-state index contributed by atoms with van der Waals surface area (Å²) in [4.78, 5) is 35.6. The quantitative estimate of drug-likeness (QED) is 0.394. The van der Waals surface area contributed by atoms with Gasteiger partial charge in [0.2, 0.25) is 5.91 Å². The first-order valence-corrected chi connectivity index (χ1v) is 11.0. The predicted molar refractivity (Wildman–Crippen MR) is 126 cm³/mol. The van der Waals surface area contributed by atoms with Crippen molar-refractivity contribution in [2.75, 3.05) is 11.9 Å². The molecule has 31 heavy (non-hydrogen) atoms. The van der Waals surface area contributed by atoms with Gasteiger partial charge in [-0.2, -0.15) is 0 Å². The highest BCUT2D eigenvalue weighted by Gasteiger charge is 2.11. The number of hydrazine groups is 1. The number of benzene rings is 3. The molecular formula is C22H19Br2N3O4. The average Bonchev–Trinajstić information content (AvgIpc) is 2.77. The molecule has 0 saturated heterocycles. The van der Waals surface area contributed by atoms with Gasteiger partial charge in [-0.25, -0.2) is 0 Å². The van der Waals surface area contributed by atoms with Crippen LogP contribution in [0, 0.1) is 0 Å². The highest BCUT2D eigenvalue weighted by atomic mass is 79.9. The van der Waals surface area contributed by atoms with Gasteiger partial charge in [-0.15, -0.1) is 0 Å². The van der Waals surface area contributed by atoms with E-state index < -0.39 is 11.8 Å². The SMILES string of the molecule is CCC(=O)Nc1ccc(C(=O)NNC(=O)COc2ccc3cc(Br)ccc3c2Br)cc1. The number of carbonyl (C=O) groups excluding carboxylic acids is 3. The second-order valence-electron chi connectivity index (χ2n) is 6.51. The summed E-state index contributed by atoms with van der Waals surface area (Å²) in [5, 5.41) is 4.67. The number of rotatable bonds is 6. The Hall–Kier alpha value is -2.91. The Morgan fingerprint density at radius 3 is 2.35 bits per heavy atom. The Morgan fingerprint density at radius 2 is 1.65 bits per heavy atom. The molecule has 3 N–H and O–H groups in total. The maximum Gasteiger partial charge on any atom is 0.276 e. The Labute approximate surface area is 195 Å². The van der Waals surface area contributed by atoms with E-state index in [-0.39, 0.29) is 12.5 Å². The van der Waals surface area contributed by atoms with Crippen LogP contribution in [0.2, 0.25) is 0 Å². The molecular weight excluding hydrogens is 530 g/mol. The zero-order valence-corrected chi connectivity index (χ0v) is 19.7. The fourth-order valence-electron chi connectivity index (χ4n) is 2.69. The van der Waals surface area contributed by atoms with Crippen molar-refractivity contribution < 1.29 is 19.1 Å². The molecule has 0 aliphatic heterocycles. The third kappa shape index (κ3) is 6.05. The number of amides is 3. The van der Waals surface area contributed by atoms with Crippen molar-refractivity contribution in [2.45, 2.75) is 13.3 Å². The molecule has 0 heterocycles. The molecule has 0 bridgehead atoms. The molecule has 3 amide bonds. The second-order valence-corrected chi connectivity index (χ2v) is 8.22. The Morgan fingerprint density at radius 1 is 0.903 bits per heavy atom. The summed E-state index contributed by atoms with van der Waals surface area (Å²) in [6.45, 7) is 1.48. The zero-order chi connectivity index (χ0) is 22.4. The summed E-state index contributed by atoms with van der Waals surface area (Å²) in [7, 11) is 0. The van der Waals surface area contributed by atoms with Crippen molar-refractivity contribution in [1.29, 1.82) is 0 Å². The van der Waals surface area contributed by atoms with E-state index in [9.17, 15) is 14.4 Å². The molecule has 0 aliphatic carbocycles. The molecule has 0 fully saturated rings. The molecule has 0 unspecified atom stereocenters. The van der Waals surface area contributed by atoms with Crippen molar-refractivity contribution in [1.82, 2.24) is 10.9 Å². The molecule has 0 atom stereocenters. The number of nitrogens with one attached hydrogen (secondary N) is 3. The molecule has 0 saturated carbocycles. The smallest absolute Gasteiger partial charge is 0.276 e. The van der Waals surface area contributed by atoms with Crippen LogP contribution in [-0.4, -0.2) is 24.3 Å². The van der Waals surface area contributed by atoms with Crippen molar-refractivity contribution in [2.24, 2.45) is 0 Å². The predicted octanol–water partition coefficient (Wildman–Crippen LogP) is 4.55. The first-order valence-electron chi connectivity index (χ1n) is 9.37. The van der Waals surface area contributed by atoms with Gasteiger partial charge >= 0.3 is 0 Å². The number of fused-ring (bicyclic) bond motifs is 1. The average molecular weight is 549 g/mol. The van der Waals surface area contributed by atoms with Gasteiger partial charge in [0.05, 0.1) is 4.47 Å². The monoisotopic (exact) mass is 547 g/mol. The highest BCUT2D eigenvalue weighted by molar-refractivity contribution is 9.11. The first-order chi connectivity index (χ1) is 14.9. The molecule has 7 nitrogen and oxygen atoms in total. The highest BCUT2D eigenvalue weighted by Crippen LogP contribution is 2.34. The summed E-state index contributed by atoms with van der Waals surface area (Å²) in [6, 6.07) is 15.8. The van der Waals surface area contributed by atoms with Crippen molar-refractivity contribution in [3.63, 3.8) is 0 Å². The number of anilines is 1. The Balaban J connectivity index is 1.51. The maximum atomic E-state index is 12.2. The summed E-state index contributed by atoms with van der Waals surface area (Å²) in [5.74, 6) is -0.599. The van der Waals surface area contributed by atoms with Gasteiger partial charge < -0.3 is 10.1 Å². The maximum absolute atomic E-state index is 12.2. The van der Waals surface area contributed by atoms with Crippen LogP contribution >= 0.6 is 31.9 Å². The van der Waals surface area contributed by atoms with Crippen molar-refractivity contribution in [3.8, 4) is 5.75 Å². The van der Waals surface area contributed by atoms with E-state index in [0.717, 1.165) is 19.7 Å². The number of ether oxygens (including phenoxy) is 1. The van der Waals surface area contributed by atoms with Crippen LogP contribution in [0.3, 0.4) is 0 Å². The van der Waals surface area contributed by atoms with E-state index >= 15 is 0 Å². The van der Waals surface area contributed by atoms with E-state index in [2.05, 4.69) is 48.0 Å². The minimum Gasteiger partial charge on any atom is -0.483 e. The number of halogens is 2. The standard InChI is InChI=1S/C22H19Br2N3O4/c1-2-19(28)25-16-7-3-13(4-8-16)22(30)27-26-20(29)12-31-18-10-5-14-11-15(23)6-9-17(14)21(18)24/h3-11H,2,12H2,1H3,(H,25,28)(H,26,29)(H,27,30). The molecule has 160 valence electrons. The normalized spacial score (nSPS) is 10.4. The molecule has 3 aromatic rings. The lowest BCUT2D eigenvalue weighted by Crippen LogP contribution is -2.43. The van der Waals surface area contributed by atoms with Gasteiger partial charge in [-0.1, -0.05) is 35.0 Å². The van der Waals surface area contributed by atoms with E-state index in [4.69, 9.17) is 4.74 Å². The van der Waals surface area contributed by atoms with E-state index in [1.807, 2.05) is 24.3 Å². The summed E-state index contributed by atoms with van der Waals surface area (Å²) in [6.07, 6.45) is 0.365. The molecule has 0 aliphatic rings. The van der Waals surface area contributed by atoms with Crippen LogP contribution in [0.4, 0.5) is 5.69 Å². The van der Waals surface area contributed by atoms with Gasteiger partial charge in [0.15, 0.2) is 6.61 Å².